The molecule has 0 aromatic heterocycles. The highest BCUT2D eigenvalue weighted by molar-refractivity contribution is 5.52. The molecule has 0 fully saturated rings. The third-order valence-corrected chi connectivity index (χ3v) is 1.93. The third-order valence-electron chi connectivity index (χ3n) is 1.93. The molecule has 15 heavy (non-hydrogen) atoms. The average Bonchev–Trinajstić information content (AvgIpc) is 2.26. The minimum Gasteiger partial charge on any atom is -0.392 e. The average molecular weight is 203 g/mol. The van der Waals surface area contributed by atoms with Gasteiger partial charge in [0, 0.05) is 6.54 Å². The van der Waals surface area contributed by atoms with Crippen LogP contribution in [0.4, 0.5) is 0 Å². The summed E-state index contributed by atoms with van der Waals surface area (Å²) < 4.78 is 0. The van der Waals surface area contributed by atoms with Crippen molar-refractivity contribution in [1.82, 2.24) is 5.32 Å². The molecule has 1 aromatic carbocycles. The maximum Gasteiger partial charge on any atom is 0.0629 e. The predicted molar refractivity (Wildman–Crippen MR) is 64.3 cm³/mol. The summed E-state index contributed by atoms with van der Waals surface area (Å²) in [6.45, 7) is 2.95. The predicted octanol–water partition coefficient (Wildman–Crippen LogP) is 2.19. The van der Waals surface area contributed by atoms with E-state index in [4.69, 9.17) is 5.11 Å². The van der Waals surface area contributed by atoms with Crippen molar-refractivity contribution in [3.05, 3.63) is 53.7 Å². The van der Waals surface area contributed by atoms with Crippen LogP contribution in [0.25, 0.3) is 6.08 Å². The zero-order valence-electron chi connectivity index (χ0n) is 8.98. The summed E-state index contributed by atoms with van der Waals surface area (Å²) >= 11 is 0. The van der Waals surface area contributed by atoms with Gasteiger partial charge in [0.1, 0.15) is 0 Å². The highest BCUT2D eigenvalue weighted by Crippen LogP contribution is 2.04. The first kappa shape index (κ1) is 11.5. The van der Waals surface area contributed by atoms with E-state index in [0.717, 1.165) is 6.54 Å². The first-order valence-corrected chi connectivity index (χ1v) is 5.04. The molecule has 0 spiro atoms. The van der Waals surface area contributed by atoms with Crippen LogP contribution in [0.5, 0.6) is 0 Å². The van der Waals surface area contributed by atoms with Gasteiger partial charge >= 0.3 is 0 Å². The quantitative estimate of drug-likeness (QED) is 0.768. The second kappa shape index (κ2) is 6.85. The van der Waals surface area contributed by atoms with Gasteiger partial charge in [0.05, 0.1) is 6.61 Å². The smallest absolute Gasteiger partial charge is 0.0629 e. The summed E-state index contributed by atoms with van der Waals surface area (Å²) in [7, 11) is 0. The SMILES string of the molecule is C/C(=C\c1ccccc1)CN/C=C/CO. The fraction of sp³-hybridized carbons (Fsp3) is 0.231. The second-order valence-electron chi connectivity index (χ2n) is 3.37. The fourth-order valence-corrected chi connectivity index (χ4v) is 1.24. The summed E-state index contributed by atoms with van der Waals surface area (Å²) in [5.41, 5.74) is 2.46. The maximum atomic E-state index is 8.53. The Morgan fingerprint density at radius 3 is 2.73 bits per heavy atom. The van der Waals surface area contributed by atoms with E-state index in [1.807, 2.05) is 18.2 Å². The molecule has 2 nitrogen and oxygen atoms in total. The van der Waals surface area contributed by atoms with E-state index in [2.05, 4.69) is 30.4 Å². The van der Waals surface area contributed by atoms with Gasteiger partial charge in [-0.15, -0.1) is 0 Å². The van der Waals surface area contributed by atoms with Crippen molar-refractivity contribution in [2.75, 3.05) is 13.2 Å². The van der Waals surface area contributed by atoms with E-state index in [9.17, 15) is 0 Å². The molecule has 0 saturated carbocycles. The van der Waals surface area contributed by atoms with E-state index in [-0.39, 0.29) is 6.61 Å². The van der Waals surface area contributed by atoms with Crippen molar-refractivity contribution >= 4 is 6.08 Å². The largest absolute Gasteiger partial charge is 0.392 e. The van der Waals surface area contributed by atoms with Crippen molar-refractivity contribution < 1.29 is 5.11 Å². The summed E-state index contributed by atoms with van der Waals surface area (Å²) in [6, 6.07) is 10.2. The highest BCUT2D eigenvalue weighted by Gasteiger charge is 1.88. The number of aliphatic hydroxyl groups excluding tert-OH is 1. The Bertz CT molecular complexity index is 328. The molecule has 0 radical (unpaired) electrons. The van der Waals surface area contributed by atoms with Crippen LogP contribution < -0.4 is 5.32 Å². The molecular formula is C13H17NO. The lowest BCUT2D eigenvalue weighted by atomic mass is 10.1. The van der Waals surface area contributed by atoms with Gasteiger partial charge in [-0.05, 0) is 24.8 Å². The standard InChI is InChI=1S/C13H17NO/c1-12(11-14-8-5-9-15)10-13-6-3-2-4-7-13/h2-8,10,14-15H,9,11H2,1H3/b8-5+,12-10+. The molecule has 0 amide bonds. The van der Waals surface area contributed by atoms with Crippen LogP contribution in [0.2, 0.25) is 0 Å². The Balaban J connectivity index is 2.43. The summed E-state index contributed by atoms with van der Waals surface area (Å²) in [4.78, 5) is 0. The molecule has 0 atom stereocenters. The van der Waals surface area contributed by atoms with Crippen LogP contribution in [0.3, 0.4) is 0 Å². The monoisotopic (exact) mass is 203 g/mol. The van der Waals surface area contributed by atoms with Gasteiger partial charge < -0.3 is 10.4 Å². The van der Waals surface area contributed by atoms with Crippen molar-refractivity contribution in [3.8, 4) is 0 Å². The lowest BCUT2D eigenvalue weighted by Crippen LogP contribution is -2.07. The Morgan fingerprint density at radius 1 is 1.33 bits per heavy atom. The number of nitrogens with one attached hydrogen (secondary N) is 1. The molecule has 1 aromatic rings. The molecule has 0 unspecified atom stereocenters. The zero-order valence-corrected chi connectivity index (χ0v) is 8.98. The summed E-state index contributed by atoms with van der Waals surface area (Å²) in [5.74, 6) is 0. The van der Waals surface area contributed by atoms with Crippen molar-refractivity contribution in [2.24, 2.45) is 0 Å². The van der Waals surface area contributed by atoms with Crippen LogP contribution >= 0.6 is 0 Å². The highest BCUT2D eigenvalue weighted by atomic mass is 16.2. The Labute approximate surface area is 91.0 Å². The number of benzene rings is 1. The number of hydrogen-bond acceptors (Lipinski definition) is 2. The second-order valence-corrected chi connectivity index (χ2v) is 3.37. The number of hydrogen-bond donors (Lipinski definition) is 2. The summed E-state index contributed by atoms with van der Waals surface area (Å²) in [6.07, 6.45) is 5.58. The van der Waals surface area contributed by atoms with Gasteiger partial charge in [-0.2, -0.15) is 0 Å². The van der Waals surface area contributed by atoms with E-state index in [1.165, 1.54) is 11.1 Å². The van der Waals surface area contributed by atoms with E-state index < -0.39 is 0 Å². The molecule has 0 aliphatic rings. The molecule has 1 rings (SSSR count). The molecule has 80 valence electrons. The lowest BCUT2D eigenvalue weighted by molar-refractivity contribution is 0.342. The molecular weight excluding hydrogens is 186 g/mol. The first-order chi connectivity index (χ1) is 7.33. The van der Waals surface area contributed by atoms with Crippen LogP contribution in [0.1, 0.15) is 12.5 Å². The number of aliphatic hydroxyl groups is 1. The zero-order chi connectivity index (χ0) is 10.9. The van der Waals surface area contributed by atoms with Gasteiger partial charge in [-0.25, -0.2) is 0 Å². The fourth-order valence-electron chi connectivity index (χ4n) is 1.24. The van der Waals surface area contributed by atoms with Crippen LogP contribution in [-0.2, 0) is 0 Å². The van der Waals surface area contributed by atoms with Crippen LogP contribution in [0.15, 0.2) is 48.2 Å². The third kappa shape index (κ3) is 5.03. The lowest BCUT2D eigenvalue weighted by Gasteiger charge is -2.01. The summed E-state index contributed by atoms with van der Waals surface area (Å²) in [5, 5.41) is 11.6. The molecule has 0 bridgehead atoms. The molecule has 2 N–H and O–H groups in total. The number of rotatable bonds is 5. The minimum absolute atomic E-state index is 0.0778. The normalized spacial score (nSPS) is 12.0. The van der Waals surface area contributed by atoms with Crippen LogP contribution in [-0.4, -0.2) is 18.3 Å². The van der Waals surface area contributed by atoms with Gasteiger partial charge in [0.25, 0.3) is 0 Å². The van der Waals surface area contributed by atoms with E-state index >= 15 is 0 Å². The Morgan fingerprint density at radius 2 is 2.07 bits per heavy atom. The van der Waals surface area contributed by atoms with Crippen molar-refractivity contribution in [1.29, 1.82) is 0 Å². The molecule has 0 heterocycles. The molecule has 0 aliphatic carbocycles. The Hall–Kier alpha value is -1.54. The minimum atomic E-state index is 0.0778. The molecule has 0 saturated heterocycles. The Kier molecular flexibility index (Phi) is 5.26. The van der Waals surface area contributed by atoms with Gasteiger partial charge in [-0.3, -0.25) is 0 Å². The van der Waals surface area contributed by atoms with E-state index in [0.29, 0.717) is 0 Å². The van der Waals surface area contributed by atoms with Crippen LogP contribution in [0, 0.1) is 0 Å². The van der Waals surface area contributed by atoms with Crippen molar-refractivity contribution in [2.45, 2.75) is 6.92 Å². The van der Waals surface area contributed by atoms with Crippen molar-refractivity contribution in [3.63, 3.8) is 0 Å². The van der Waals surface area contributed by atoms with Gasteiger partial charge in [-0.1, -0.05) is 42.0 Å². The topological polar surface area (TPSA) is 32.3 Å². The van der Waals surface area contributed by atoms with Gasteiger partial charge in [0.2, 0.25) is 0 Å². The first-order valence-electron chi connectivity index (χ1n) is 5.04. The molecule has 2 heteroatoms. The maximum absolute atomic E-state index is 8.53. The van der Waals surface area contributed by atoms with E-state index in [1.54, 1.807) is 12.3 Å². The van der Waals surface area contributed by atoms with Gasteiger partial charge in [0.15, 0.2) is 0 Å². The molecule has 0 aliphatic heterocycles.